The van der Waals surface area contributed by atoms with Crippen molar-refractivity contribution in [1.29, 1.82) is 0 Å². The molecule has 0 radical (unpaired) electrons. The maximum absolute atomic E-state index is 9.67. The number of hydrogen-bond acceptors (Lipinski definition) is 1. The molecule has 0 heterocycles. The van der Waals surface area contributed by atoms with Crippen LogP contribution < -0.4 is 0 Å². The van der Waals surface area contributed by atoms with Crippen LogP contribution in [0, 0.1) is 10.8 Å². The molecule has 0 spiro atoms. The van der Waals surface area contributed by atoms with Gasteiger partial charge in [-0.2, -0.15) is 0 Å². The Kier molecular flexibility index (Phi) is 5.52. The number of phenols is 1. The van der Waals surface area contributed by atoms with Gasteiger partial charge in [0.15, 0.2) is 0 Å². The van der Waals surface area contributed by atoms with E-state index in [2.05, 4.69) is 60.6 Å². The number of phenolic OH excluding ortho intramolecular Hbond substituents is 1. The van der Waals surface area contributed by atoms with E-state index in [0.29, 0.717) is 5.75 Å². The molecule has 0 aliphatic rings. The Balaban J connectivity index is 3.63. The predicted octanol–water partition coefficient (Wildman–Crippen LogP) is 6.30. The van der Waals surface area contributed by atoms with E-state index >= 15 is 0 Å². The molecule has 120 valence electrons. The molecule has 1 N–H and O–H groups in total. The zero-order valence-electron chi connectivity index (χ0n) is 15.1. The number of benzene rings is 1. The Morgan fingerprint density at radius 2 is 1.24 bits per heavy atom. The lowest BCUT2D eigenvalue weighted by Crippen LogP contribution is -2.52. The fourth-order valence-corrected chi connectivity index (χ4v) is 4.24. The van der Waals surface area contributed by atoms with Gasteiger partial charge >= 0.3 is 0 Å². The minimum atomic E-state index is 0.117. The zero-order valence-corrected chi connectivity index (χ0v) is 15.1. The molecule has 0 bridgehead atoms. The van der Waals surface area contributed by atoms with E-state index in [9.17, 15) is 5.11 Å². The van der Waals surface area contributed by atoms with E-state index in [1.54, 1.807) is 0 Å². The topological polar surface area (TPSA) is 20.2 Å². The Labute approximate surface area is 131 Å². The molecule has 1 nitrogen and oxygen atoms in total. The van der Waals surface area contributed by atoms with Crippen molar-refractivity contribution in [3.63, 3.8) is 0 Å². The van der Waals surface area contributed by atoms with E-state index in [1.165, 1.54) is 18.4 Å². The van der Waals surface area contributed by atoms with Gasteiger partial charge in [-0.1, -0.05) is 79.9 Å². The third-order valence-electron chi connectivity index (χ3n) is 6.06. The van der Waals surface area contributed by atoms with E-state index < -0.39 is 0 Å². The molecule has 1 rings (SSSR count). The van der Waals surface area contributed by atoms with Crippen molar-refractivity contribution in [3.05, 3.63) is 29.8 Å². The summed E-state index contributed by atoms with van der Waals surface area (Å²) in [5.41, 5.74) is 1.91. The third kappa shape index (κ3) is 2.98. The van der Waals surface area contributed by atoms with Gasteiger partial charge in [0, 0.05) is 5.41 Å². The lowest BCUT2D eigenvalue weighted by Gasteiger charge is -2.57. The molecular weight excluding hydrogens is 256 g/mol. The second kappa shape index (κ2) is 6.42. The number of hydrogen-bond donors (Lipinski definition) is 1. The molecule has 0 aliphatic heterocycles. The molecule has 1 heteroatoms. The standard InChI is InChI=1S/C20H34O/c1-8-15-20(18(4,5)9-2,19(6,7)10-3)16-11-13-17(21)14-12-16/h11-14,21H,8-10,15H2,1-7H3. The number of rotatable bonds is 7. The first kappa shape index (κ1) is 18.1. The SMILES string of the molecule is CCCC(c1ccc(O)cc1)(C(C)(C)CC)C(C)(C)CC. The highest BCUT2D eigenvalue weighted by molar-refractivity contribution is 5.35. The van der Waals surface area contributed by atoms with Gasteiger partial charge in [-0.15, -0.1) is 0 Å². The second-order valence-electron chi connectivity index (χ2n) is 7.68. The van der Waals surface area contributed by atoms with Crippen LogP contribution in [0.3, 0.4) is 0 Å². The molecule has 1 aromatic carbocycles. The minimum absolute atomic E-state index is 0.117. The van der Waals surface area contributed by atoms with Crippen LogP contribution in [-0.2, 0) is 5.41 Å². The van der Waals surface area contributed by atoms with Crippen molar-refractivity contribution < 1.29 is 5.11 Å². The van der Waals surface area contributed by atoms with Crippen molar-refractivity contribution in [2.45, 2.75) is 79.6 Å². The van der Waals surface area contributed by atoms with Crippen LogP contribution in [0.1, 0.15) is 79.7 Å². The van der Waals surface area contributed by atoms with Gasteiger partial charge in [0.25, 0.3) is 0 Å². The summed E-state index contributed by atoms with van der Waals surface area (Å²) in [5.74, 6) is 0.354. The highest BCUT2D eigenvalue weighted by atomic mass is 16.3. The summed E-state index contributed by atoms with van der Waals surface area (Å²) in [6, 6.07) is 7.97. The molecular formula is C20H34O. The second-order valence-corrected chi connectivity index (χ2v) is 7.68. The fourth-order valence-electron chi connectivity index (χ4n) is 4.24. The van der Waals surface area contributed by atoms with Crippen molar-refractivity contribution >= 4 is 0 Å². The summed E-state index contributed by atoms with van der Waals surface area (Å²) in [7, 11) is 0. The lowest BCUT2D eigenvalue weighted by molar-refractivity contribution is 0.00998. The first-order valence-electron chi connectivity index (χ1n) is 8.48. The molecule has 0 unspecified atom stereocenters. The molecule has 0 saturated heterocycles. The molecule has 0 atom stereocenters. The summed E-state index contributed by atoms with van der Waals surface area (Å²) in [6.07, 6.45) is 4.65. The fraction of sp³-hybridized carbons (Fsp3) is 0.700. The molecule has 0 amide bonds. The van der Waals surface area contributed by atoms with E-state index in [0.717, 1.165) is 12.8 Å². The Morgan fingerprint density at radius 1 is 0.810 bits per heavy atom. The Morgan fingerprint density at radius 3 is 1.57 bits per heavy atom. The summed E-state index contributed by atoms with van der Waals surface area (Å²) >= 11 is 0. The van der Waals surface area contributed by atoms with Gasteiger partial charge in [-0.25, -0.2) is 0 Å². The zero-order chi connectivity index (χ0) is 16.3. The van der Waals surface area contributed by atoms with Gasteiger partial charge in [-0.05, 0) is 34.9 Å². The normalized spacial score (nSPS) is 13.5. The van der Waals surface area contributed by atoms with Gasteiger partial charge in [0.1, 0.15) is 5.75 Å². The molecule has 1 aromatic rings. The minimum Gasteiger partial charge on any atom is -0.508 e. The summed E-state index contributed by atoms with van der Waals surface area (Å²) in [5, 5.41) is 9.67. The first-order valence-corrected chi connectivity index (χ1v) is 8.48. The summed E-state index contributed by atoms with van der Waals surface area (Å²) in [6.45, 7) is 16.5. The summed E-state index contributed by atoms with van der Waals surface area (Å²) < 4.78 is 0. The molecule has 0 aliphatic carbocycles. The lowest BCUT2D eigenvalue weighted by atomic mass is 9.47. The van der Waals surface area contributed by atoms with Crippen molar-refractivity contribution in [2.75, 3.05) is 0 Å². The average Bonchev–Trinajstić information content (AvgIpc) is 2.45. The highest BCUT2D eigenvalue weighted by Gasteiger charge is 2.53. The highest BCUT2D eigenvalue weighted by Crippen LogP contribution is 2.59. The van der Waals surface area contributed by atoms with Crippen LogP contribution >= 0.6 is 0 Å². The smallest absolute Gasteiger partial charge is 0.115 e. The maximum Gasteiger partial charge on any atom is 0.115 e. The van der Waals surface area contributed by atoms with Crippen LogP contribution in [0.2, 0.25) is 0 Å². The van der Waals surface area contributed by atoms with Gasteiger partial charge in [0.2, 0.25) is 0 Å². The quantitative estimate of drug-likeness (QED) is 0.624. The third-order valence-corrected chi connectivity index (χ3v) is 6.06. The van der Waals surface area contributed by atoms with Crippen molar-refractivity contribution in [3.8, 4) is 5.75 Å². The first-order chi connectivity index (χ1) is 9.68. The Hall–Kier alpha value is -0.980. The van der Waals surface area contributed by atoms with Crippen LogP contribution in [-0.4, -0.2) is 5.11 Å². The molecule has 0 aromatic heterocycles. The molecule has 0 saturated carbocycles. The van der Waals surface area contributed by atoms with Gasteiger partial charge in [-0.3, -0.25) is 0 Å². The maximum atomic E-state index is 9.67. The van der Waals surface area contributed by atoms with Crippen LogP contribution in [0.4, 0.5) is 0 Å². The average molecular weight is 290 g/mol. The van der Waals surface area contributed by atoms with Gasteiger partial charge in [0.05, 0.1) is 0 Å². The summed E-state index contributed by atoms with van der Waals surface area (Å²) in [4.78, 5) is 0. The van der Waals surface area contributed by atoms with Gasteiger partial charge < -0.3 is 5.11 Å². The van der Waals surface area contributed by atoms with Crippen molar-refractivity contribution in [1.82, 2.24) is 0 Å². The largest absolute Gasteiger partial charge is 0.508 e. The Bertz CT molecular complexity index is 423. The van der Waals surface area contributed by atoms with E-state index in [1.807, 2.05) is 12.1 Å². The van der Waals surface area contributed by atoms with Crippen LogP contribution in [0.15, 0.2) is 24.3 Å². The number of aromatic hydroxyl groups is 1. The van der Waals surface area contributed by atoms with Crippen LogP contribution in [0.5, 0.6) is 5.75 Å². The molecule has 0 fully saturated rings. The van der Waals surface area contributed by atoms with E-state index in [-0.39, 0.29) is 16.2 Å². The monoisotopic (exact) mass is 290 g/mol. The van der Waals surface area contributed by atoms with Crippen LogP contribution in [0.25, 0.3) is 0 Å². The van der Waals surface area contributed by atoms with Crippen molar-refractivity contribution in [2.24, 2.45) is 10.8 Å². The van der Waals surface area contributed by atoms with E-state index in [4.69, 9.17) is 0 Å². The molecule has 21 heavy (non-hydrogen) atoms. The predicted molar refractivity (Wildman–Crippen MR) is 92.8 cm³/mol.